The molecule has 0 aliphatic rings. The van der Waals surface area contributed by atoms with Gasteiger partial charge in [-0.05, 0) is 70.4 Å². The number of rotatable bonds is 6. The summed E-state index contributed by atoms with van der Waals surface area (Å²) in [7, 11) is 0. The maximum absolute atomic E-state index is 13.4. The molecule has 0 atom stereocenters. The third-order valence-electron chi connectivity index (χ3n) is 4.09. The molecular weight excluding hydrogens is 496 g/mol. The molecule has 3 rings (SSSR count). The summed E-state index contributed by atoms with van der Waals surface area (Å²) in [4.78, 5) is 0. The van der Waals surface area contributed by atoms with Gasteiger partial charge in [0.05, 0.1) is 4.47 Å². The van der Waals surface area contributed by atoms with E-state index in [4.69, 9.17) is 16.3 Å². The molecule has 0 fully saturated rings. The van der Waals surface area contributed by atoms with Crippen LogP contribution in [0.25, 0.3) is 0 Å². The van der Waals surface area contributed by atoms with Gasteiger partial charge in [-0.15, -0.1) is 0 Å². The first-order chi connectivity index (χ1) is 12.9. The SMILES string of the molecule is Cc1c(Cl)cccc1NCc1cc(Br)cc(Br)c1OCc1cccc(F)c1. The van der Waals surface area contributed by atoms with Gasteiger partial charge in [0, 0.05) is 27.3 Å². The molecule has 140 valence electrons. The quantitative estimate of drug-likeness (QED) is 0.368. The molecule has 0 bridgehead atoms. The van der Waals surface area contributed by atoms with E-state index in [2.05, 4.69) is 37.2 Å². The van der Waals surface area contributed by atoms with Crippen molar-refractivity contribution in [3.63, 3.8) is 0 Å². The molecular formula is C21H17Br2ClFNO. The molecule has 0 saturated carbocycles. The Hall–Kier alpha value is -1.56. The van der Waals surface area contributed by atoms with Crippen LogP contribution < -0.4 is 10.1 Å². The van der Waals surface area contributed by atoms with Crippen molar-refractivity contribution >= 4 is 49.1 Å². The number of benzene rings is 3. The molecule has 0 amide bonds. The van der Waals surface area contributed by atoms with Crippen molar-refractivity contribution in [2.24, 2.45) is 0 Å². The van der Waals surface area contributed by atoms with Crippen LogP contribution in [0.15, 0.2) is 63.5 Å². The van der Waals surface area contributed by atoms with E-state index in [1.54, 1.807) is 6.07 Å². The maximum Gasteiger partial charge on any atom is 0.139 e. The zero-order chi connectivity index (χ0) is 19.4. The molecule has 0 aliphatic heterocycles. The Labute approximate surface area is 180 Å². The Kier molecular flexibility index (Phi) is 6.79. The highest BCUT2D eigenvalue weighted by Crippen LogP contribution is 2.34. The molecule has 2 nitrogen and oxygen atoms in total. The number of anilines is 1. The van der Waals surface area contributed by atoms with Crippen LogP contribution in [0.3, 0.4) is 0 Å². The number of hydrogen-bond donors (Lipinski definition) is 1. The predicted molar refractivity (Wildman–Crippen MR) is 116 cm³/mol. The Morgan fingerprint density at radius 3 is 2.63 bits per heavy atom. The highest BCUT2D eigenvalue weighted by molar-refractivity contribution is 9.11. The summed E-state index contributed by atoms with van der Waals surface area (Å²) in [6.45, 7) is 2.81. The number of nitrogens with one attached hydrogen (secondary N) is 1. The van der Waals surface area contributed by atoms with Gasteiger partial charge in [0.25, 0.3) is 0 Å². The van der Waals surface area contributed by atoms with E-state index < -0.39 is 0 Å². The van der Waals surface area contributed by atoms with E-state index in [9.17, 15) is 4.39 Å². The Bertz CT molecular complexity index is 965. The van der Waals surface area contributed by atoms with Gasteiger partial charge in [-0.2, -0.15) is 0 Å². The van der Waals surface area contributed by atoms with Gasteiger partial charge in [0.2, 0.25) is 0 Å². The largest absolute Gasteiger partial charge is 0.487 e. The van der Waals surface area contributed by atoms with E-state index in [0.29, 0.717) is 6.54 Å². The van der Waals surface area contributed by atoms with Crippen molar-refractivity contribution in [3.05, 3.63) is 91.1 Å². The average molecular weight is 514 g/mol. The summed E-state index contributed by atoms with van der Waals surface area (Å²) in [5.74, 6) is 0.443. The summed E-state index contributed by atoms with van der Waals surface area (Å²) in [5.41, 5.74) is 3.70. The van der Waals surface area contributed by atoms with Crippen LogP contribution in [0.4, 0.5) is 10.1 Å². The summed E-state index contributed by atoms with van der Waals surface area (Å²) >= 11 is 13.3. The zero-order valence-corrected chi connectivity index (χ0v) is 18.5. The monoisotopic (exact) mass is 511 g/mol. The first-order valence-electron chi connectivity index (χ1n) is 8.28. The number of halogens is 4. The number of ether oxygens (including phenoxy) is 1. The predicted octanol–water partition coefficient (Wildman–Crippen LogP) is 7.50. The minimum atomic E-state index is -0.274. The van der Waals surface area contributed by atoms with E-state index >= 15 is 0 Å². The fourth-order valence-corrected chi connectivity index (χ4v) is 4.28. The van der Waals surface area contributed by atoms with Crippen molar-refractivity contribution in [2.45, 2.75) is 20.1 Å². The van der Waals surface area contributed by atoms with E-state index in [0.717, 1.165) is 42.1 Å². The minimum Gasteiger partial charge on any atom is -0.487 e. The first kappa shape index (κ1) is 20.2. The summed E-state index contributed by atoms with van der Waals surface area (Å²) in [6.07, 6.45) is 0. The van der Waals surface area contributed by atoms with Gasteiger partial charge >= 0.3 is 0 Å². The fourth-order valence-electron chi connectivity index (χ4n) is 2.68. The van der Waals surface area contributed by atoms with Gasteiger partial charge in [0.15, 0.2) is 0 Å². The molecule has 0 aromatic heterocycles. The van der Waals surface area contributed by atoms with Crippen LogP contribution in [0.1, 0.15) is 16.7 Å². The first-order valence-corrected chi connectivity index (χ1v) is 10.2. The number of hydrogen-bond acceptors (Lipinski definition) is 2. The molecule has 0 radical (unpaired) electrons. The topological polar surface area (TPSA) is 21.3 Å². The molecule has 0 aliphatic carbocycles. The molecule has 0 spiro atoms. The molecule has 1 N–H and O–H groups in total. The summed E-state index contributed by atoms with van der Waals surface area (Å²) < 4.78 is 21.2. The zero-order valence-electron chi connectivity index (χ0n) is 14.5. The lowest BCUT2D eigenvalue weighted by molar-refractivity contribution is 0.300. The Morgan fingerprint density at radius 1 is 1.07 bits per heavy atom. The van der Waals surface area contributed by atoms with Crippen molar-refractivity contribution < 1.29 is 9.13 Å². The third kappa shape index (κ3) is 5.24. The van der Waals surface area contributed by atoms with E-state index in [1.807, 2.05) is 43.3 Å². The van der Waals surface area contributed by atoms with Crippen LogP contribution in [0.5, 0.6) is 5.75 Å². The van der Waals surface area contributed by atoms with Gasteiger partial charge in [-0.1, -0.05) is 45.7 Å². The van der Waals surface area contributed by atoms with Gasteiger partial charge in [-0.25, -0.2) is 4.39 Å². The second-order valence-corrected chi connectivity index (χ2v) is 8.24. The molecule has 6 heteroatoms. The van der Waals surface area contributed by atoms with Crippen LogP contribution in [-0.2, 0) is 13.2 Å². The molecule has 3 aromatic carbocycles. The fraction of sp³-hybridized carbons (Fsp3) is 0.143. The normalized spacial score (nSPS) is 10.7. The van der Waals surface area contributed by atoms with Crippen molar-refractivity contribution in [3.8, 4) is 5.75 Å². The van der Waals surface area contributed by atoms with Crippen LogP contribution >= 0.6 is 43.5 Å². The van der Waals surface area contributed by atoms with Gasteiger partial charge < -0.3 is 10.1 Å². The van der Waals surface area contributed by atoms with Crippen molar-refractivity contribution in [1.82, 2.24) is 0 Å². The second kappa shape index (κ2) is 9.09. The van der Waals surface area contributed by atoms with E-state index in [-0.39, 0.29) is 12.4 Å². The molecule has 0 saturated heterocycles. The molecule has 0 unspecified atom stereocenters. The minimum absolute atomic E-state index is 0.274. The van der Waals surface area contributed by atoms with Crippen LogP contribution in [0, 0.1) is 12.7 Å². The second-order valence-electron chi connectivity index (χ2n) is 6.06. The van der Waals surface area contributed by atoms with Crippen molar-refractivity contribution in [1.29, 1.82) is 0 Å². The maximum atomic E-state index is 13.4. The third-order valence-corrected chi connectivity index (χ3v) is 5.55. The summed E-state index contributed by atoms with van der Waals surface area (Å²) in [6, 6.07) is 16.1. The van der Waals surface area contributed by atoms with E-state index in [1.165, 1.54) is 12.1 Å². The Morgan fingerprint density at radius 2 is 1.85 bits per heavy atom. The van der Waals surface area contributed by atoms with Crippen LogP contribution in [-0.4, -0.2) is 0 Å². The molecule has 27 heavy (non-hydrogen) atoms. The Balaban J connectivity index is 1.80. The standard InChI is InChI=1S/C21H17Br2ClFNO/c1-13-19(24)6-3-7-20(13)26-11-15-9-16(22)10-18(23)21(15)27-12-14-4-2-5-17(25)8-14/h2-10,26H,11-12H2,1H3. The average Bonchev–Trinajstić information content (AvgIpc) is 2.62. The smallest absolute Gasteiger partial charge is 0.139 e. The lowest BCUT2D eigenvalue weighted by atomic mass is 10.1. The highest BCUT2D eigenvalue weighted by atomic mass is 79.9. The lowest BCUT2D eigenvalue weighted by Gasteiger charge is -2.16. The van der Waals surface area contributed by atoms with Crippen molar-refractivity contribution in [2.75, 3.05) is 5.32 Å². The van der Waals surface area contributed by atoms with Gasteiger partial charge in [-0.3, -0.25) is 0 Å². The van der Waals surface area contributed by atoms with Crippen LogP contribution in [0.2, 0.25) is 5.02 Å². The van der Waals surface area contributed by atoms with Gasteiger partial charge in [0.1, 0.15) is 18.2 Å². The molecule has 3 aromatic rings. The molecule has 0 heterocycles. The highest BCUT2D eigenvalue weighted by Gasteiger charge is 2.12. The lowest BCUT2D eigenvalue weighted by Crippen LogP contribution is -2.05. The summed E-state index contributed by atoms with van der Waals surface area (Å²) in [5, 5.41) is 4.13.